The van der Waals surface area contributed by atoms with E-state index in [9.17, 15) is 14.3 Å². The molecule has 1 N–H and O–H groups in total. The van der Waals surface area contributed by atoms with Gasteiger partial charge in [0.25, 0.3) is 5.91 Å². The van der Waals surface area contributed by atoms with Gasteiger partial charge >= 0.3 is 0 Å². The minimum atomic E-state index is -1.10. The zero-order valence-corrected chi connectivity index (χ0v) is 19.9. The molecule has 1 spiro atoms. The number of pyridine rings is 1. The third kappa shape index (κ3) is 4.43. The molecule has 6 nitrogen and oxygen atoms in total. The molecule has 2 aromatic rings. The zero-order valence-electron chi connectivity index (χ0n) is 19.9. The number of morpholine rings is 1. The fourth-order valence-corrected chi connectivity index (χ4v) is 5.84. The maximum Gasteiger partial charge on any atom is 0.253 e. The summed E-state index contributed by atoms with van der Waals surface area (Å²) in [7, 11) is 0. The van der Waals surface area contributed by atoms with Crippen LogP contribution in [0.15, 0.2) is 42.6 Å². The molecule has 1 saturated carbocycles. The van der Waals surface area contributed by atoms with Gasteiger partial charge in [0.15, 0.2) is 0 Å². The van der Waals surface area contributed by atoms with Crippen molar-refractivity contribution in [3.05, 3.63) is 59.5 Å². The van der Waals surface area contributed by atoms with E-state index >= 15 is 0 Å². The summed E-state index contributed by atoms with van der Waals surface area (Å²) < 4.78 is 21.4. The molecule has 34 heavy (non-hydrogen) atoms. The molecule has 1 aliphatic carbocycles. The number of aromatic nitrogens is 1. The summed E-state index contributed by atoms with van der Waals surface area (Å²) in [6, 6.07) is 10.5. The van der Waals surface area contributed by atoms with Crippen molar-refractivity contribution in [2.45, 2.75) is 69.2 Å². The molecular formula is C27H36FN3O3. The standard InChI is InChI=1S/C27H34FN3O3.H2/c1-2-21-18-31(24-7-3-6-14-29-24)19-26(34-21)12-15-30(16-13-26)25(32)20-8-9-22(23(28)17-20)27(33)10-4-5-11-27;/h3,6-9,14,17,21,33H,2,4-5,10-13,15-16,18-19H2,1H3;1H. The molecule has 184 valence electrons. The van der Waals surface area contributed by atoms with Crippen molar-refractivity contribution in [3.63, 3.8) is 0 Å². The van der Waals surface area contributed by atoms with E-state index in [1.54, 1.807) is 17.0 Å². The highest BCUT2D eigenvalue weighted by molar-refractivity contribution is 5.94. The SMILES string of the molecule is CCC1CN(c2ccccn2)CC2(CCN(C(=O)c3ccc(C4(O)CCCC4)c(F)c3)CC2)O1.[HH]. The Labute approximate surface area is 202 Å². The number of carbonyl (C=O) groups is 1. The van der Waals surface area contributed by atoms with Crippen LogP contribution in [0.3, 0.4) is 0 Å². The second kappa shape index (κ2) is 9.27. The van der Waals surface area contributed by atoms with Gasteiger partial charge in [-0.15, -0.1) is 0 Å². The van der Waals surface area contributed by atoms with Crippen LogP contribution in [0, 0.1) is 5.82 Å². The van der Waals surface area contributed by atoms with Gasteiger partial charge in [0.2, 0.25) is 0 Å². The normalized spacial score (nSPS) is 23.9. The van der Waals surface area contributed by atoms with Crippen LogP contribution in [0.25, 0.3) is 0 Å². The molecule has 5 rings (SSSR count). The molecule has 1 amide bonds. The fraction of sp³-hybridized carbons (Fsp3) is 0.556. The molecule has 2 saturated heterocycles. The zero-order chi connectivity index (χ0) is 23.8. The molecule has 0 bridgehead atoms. The minimum absolute atomic E-state index is 0. The lowest BCUT2D eigenvalue weighted by Crippen LogP contribution is -2.60. The highest BCUT2D eigenvalue weighted by Gasteiger charge is 2.44. The van der Waals surface area contributed by atoms with Gasteiger partial charge in [-0.2, -0.15) is 0 Å². The number of halogens is 1. The summed E-state index contributed by atoms with van der Waals surface area (Å²) in [5, 5.41) is 10.8. The lowest BCUT2D eigenvalue weighted by Gasteiger charge is -2.50. The number of piperidine rings is 1. The number of aliphatic hydroxyl groups is 1. The Kier molecular flexibility index (Phi) is 6.34. The van der Waals surface area contributed by atoms with Crippen molar-refractivity contribution >= 4 is 11.7 Å². The van der Waals surface area contributed by atoms with Crippen molar-refractivity contribution < 1.29 is 20.5 Å². The lowest BCUT2D eigenvalue weighted by molar-refractivity contribution is -0.130. The Hall–Kier alpha value is -2.51. The van der Waals surface area contributed by atoms with Crippen molar-refractivity contribution in [1.82, 2.24) is 9.88 Å². The van der Waals surface area contributed by atoms with E-state index in [1.165, 1.54) is 6.07 Å². The van der Waals surface area contributed by atoms with Gasteiger partial charge in [0.05, 0.1) is 17.3 Å². The minimum Gasteiger partial charge on any atom is -0.385 e. The predicted molar refractivity (Wildman–Crippen MR) is 130 cm³/mol. The number of hydrogen-bond acceptors (Lipinski definition) is 5. The number of likely N-dealkylation sites (tertiary alicyclic amines) is 1. The van der Waals surface area contributed by atoms with Crippen molar-refractivity contribution in [2.24, 2.45) is 0 Å². The Morgan fingerprint density at radius 1 is 1.21 bits per heavy atom. The molecule has 1 aromatic heterocycles. The van der Waals surface area contributed by atoms with Crippen molar-refractivity contribution in [3.8, 4) is 0 Å². The first kappa shape index (κ1) is 23.2. The van der Waals surface area contributed by atoms with Gasteiger partial charge < -0.3 is 19.6 Å². The second-order valence-electron chi connectivity index (χ2n) is 10.1. The van der Waals surface area contributed by atoms with Crippen molar-refractivity contribution in [2.75, 3.05) is 31.1 Å². The number of hydrogen-bond donors (Lipinski definition) is 1. The Balaban J connectivity index is 0.00000289. The van der Waals surface area contributed by atoms with E-state index in [1.807, 2.05) is 24.4 Å². The topological polar surface area (TPSA) is 65.9 Å². The van der Waals surface area contributed by atoms with E-state index < -0.39 is 11.4 Å². The van der Waals surface area contributed by atoms with Gasteiger partial charge in [-0.1, -0.05) is 31.9 Å². The summed E-state index contributed by atoms with van der Waals surface area (Å²) in [5.74, 6) is 0.306. The number of anilines is 1. The summed E-state index contributed by atoms with van der Waals surface area (Å²) >= 11 is 0. The van der Waals surface area contributed by atoms with E-state index in [-0.39, 0.29) is 19.0 Å². The van der Waals surface area contributed by atoms with Gasteiger partial charge in [-0.3, -0.25) is 4.79 Å². The molecule has 2 aliphatic heterocycles. The Bertz CT molecular complexity index is 1020. The second-order valence-corrected chi connectivity index (χ2v) is 10.1. The smallest absolute Gasteiger partial charge is 0.253 e. The molecule has 3 aliphatic rings. The molecule has 0 radical (unpaired) electrons. The van der Waals surface area contributed by atoms with Gasteiger partial charge in [0.1, 0.15) is 11.6 Å². The third-order valence-electron chi connectivity index (χ3n) is 7.86. The monoisotopic (exact) mass is 469 g/mol. The largest absolute Gasteiger partial charge is 0.385 e. The van der Waals surface area contributed by atoms with Crippen LogP contribution in [0.4, 0.5) is 10.2 Å². The number of nitrogens with zero attached hydrogens (tertiary/aromatic N) is 3. The average molecular weight is 470 g/mol. The fourth-order valence-electron chi connectivity index (χ4n) is 5.84. The highest BCUT2D eigenvalue weighted by Crippen LogP contribution is 2.40. The van der Waals surface area contributed by atoms with Crippen LogP contribution < -0.4 is 4.90 Å². The first-order valence-corrected chi connectivity index (χ1v) is 12.6. The van der Waals surface area contributed by atoms with Crippen LogP contribution in [-0.2, 0) is 10.3 Å². The average Bonchev–Trinajstić information content (AvgIpc) is 3.31. The summed E-state index contributed by atoms with van der Waals surface area (Å²) in [6.45, 7) is 4.84. The molecule has 1 unspecified atom stereocenters. The molecule has 3 heterocycles. The molecule has 3 fully saturated rings. The maximum atomic E-state index is 14.9. The van der Waals surface area contributed by atoms with Crippen molar-refractivity contribution in [1.29, 1.82) is 0 Å². The molecule has 1 aromatic carbocycles. The van der Waals surface area contributed by atoms with E-state index in [0.29, 0.717) is 37.1 Å². The van der Waals surface area contributed by atoms with E-state index in [2.05, 4.69) is 16.8 Å². The molecule has 7 heteroatoms. The quantitative estimate of drug-likeness (QED) is 0.713. The van der Waals surface area contributed by atoms with Gasteiger partial charge in [-0.25, -0.2) is 9.37 Å². The van der Waals surface area contributed by atoms with E-state index in [4.69, 9.17) is 4.74 Å². The Morgan fingerprint density at radius 3 is 2.62 bits per heavy atom. The Morgan fingerprint density at radius 2 is 1.97 bits per heavy atom. The molecular weight excluding hydrogens is 433 g/mol. The first-order chi connectivity index (χ1) is 16.4. The predicted octanol–water partition coefficient (Wildman–Crippen LogP) is 4.52. The van der Waals surface area contributed by atoms with Crippen LogP contribution in [0.2, 0.25) is 0 Å². The number of rotatable bonds is 4. The maximum absolute atomic E-state index is 14.9. The summed E-state index contributed by atoms with van der Waals surface area (Å²) in [5.41, 5.74) is -0.759. The van der Waals surface area contributed by atoms with Crippen LogP contribution in [0.1, 0.15) is 69.2 Å². The van der Waals surface area contributed by atoms with Crippen LogP contribution >= 0.6 is 0 Å². The van der Waals surface area contributed by atoms with E-state index in [0.717, 1.165) is 51.0 Å². The number of amides is 1. The summed E-state index contributed by atoms with van der Waals surface area (Å²) in [6.07, 6.45) is 7.26. The van der Waals surface area contributed by atoms with Crippen LogP contribution in [-0.4, -0.2) is 58.8 Å². The lowest BCUT2D eigenvalue weighted by atomic mass is 9.87. The highest BCUT2D eigenvalue weighted by atomic mass is 19.1. The summed E-state index contributed by atoms with van der Waals surface area (Å²) in [4.78, 5) is 21.8. The van der Waals surface area contributed by atoms with Gasteiger partial charge in [0, 0.05) is 44.9 Å². The van der Waals surface area contributed by atoms with Crippen LogP contribution in [0.5, 0.6) is 0 Å². The number of ether oxygens (including phenoxy) is 1. The number of carbonyl (C=O) groups excluding carboxylic acids is 1. The third-order valence-corrected chi connectivity index (χ3v) is 7.86. The first-order valence-electron chi connectivity index (χ1n) is 12.6. The number of benzene rings is 1. The van der Waals surface area contributed by atoms with Gasteiger partial charge in [-0.05, 0) is 56.4 Å². The molecule has 1 atom stereocenters.